The lowest BCUT2D eigenvalue weighted by Crippen LogP contribution is -2.38. The maximum atomic E-state index is 12.6. The molecule has 1 fully saturated rings. The van der Waals surface area contributed by atoms with Crippen LogP contribution < -0.4 is 10.0 Å². The summed E-state index contributed by atoms with van der Waals surface area (Å²) in [5, 5.41) is 3.22. The van der Waals surface area contributed by atoms with Gasteiger partial charge in [0.05, 0.1) is 17.0 Å². The number of halogens is 1. The Morgan fingerprint density at radius 3 is 2.68 bits per heavy atom. The average molecular weight is 348 g/mol. The van der Waals surface area contributed by atoms with E-state index in [1.165, 1.54) is 0 Å². The highest BCUT2D eigenvalue weighted by Crippen LogP contribution is 2.20. The zero-order valence-corrected chi connectivity index (χ0v) is 14.3. The molecule has 1 heterocycles. The molecule has 1 amide bonds. The molecule has 0 aromatic heterocycles. The number of para-hydroxylation sites is 1. The number of carbonyl (C=O) groups is 1. The number of nitrogens with zero attached hydrogens (tertiary/aromatic N) is 1. The Labute approximate surface area is 137 Å². The van der Waals surface area contributed by atoms with Crippen molar-refractivity contribution in [2.75, 3.05) is 30.6 Å². The first-order valence-electron chi connectivity index (χ1n) is 7.02. The molecule has 1 aromatic carbocycles. The predicted octanol–water partition coefficient (Wildman–Crippen LogP) is 1.30. The highest BCUT2D eigenvalue weighted by atomic mass is 35.5. The quantitative estimate of drug-likeness (QED) is 0.841. The van der Waals surface area contributed by atoms with E-state index in [4.69, 9.17) is 0 Å². The van der Waals surface area contributed by atoms with Crippen LogP contribution in [0.3, 0.4) is 0 Å². The van der Waals surface area contributed by atoms with E-state index in [9.17, 15) is 13.2 Å². The van der Waals surface area contributed by atoms with Crippen LogP contribution in [0.4, 0.5) is 5.69 Å². The molecule has 0 aliphatic carbocycles. The van der Waals surface area contributed by atoms with E-state index in [-0.39, 0.29) is 30.1 Å². The van der Waals surface area contributed by atoms with Crippen molar-refractivity contribution in [3.63, 3.8) is 0 Å². The van der Waals surface area contributed by atoms with Crippen LogP contribution in [0.2, 0.25) is 0 Å². The molecule has 1 saturated heterocycles. The summed E-state index contributed by atoms with van der Waals surface area (Å²) in [7, 11) is -1.65. The number of hydrogen-bond acceptors (Lipinski definition) is 4. The average Bonchev–Trinajstić information content (AvgIpc) is 3.00. The first kappa shape index (κ1) is 18.7. The van der Waals surface area contributed by atoms with Crippen LogP contribution in [-0.4, -0.2) is 51.2 Å². The first-order chi connectivity index (χ1) is 9.94. The molecule has 0 spiro atoms. The van der Waals surface area contributed by atoms with Gasteiger partial charge in [-0.2, -0.15) is 0 Å². The molecule has 1 unspecified atom stereocenters. The van der Waals surface area contributed by atoms with Crippen LogP contribution >= 0.6 is 12.4 Å². The van der Waals surface area contributed by atoms with Gasteiger partial charge in [-0.3, -0.25) is 9.52 Å². The van der Waals surface area contributed by atoms with Crippen LogP contribution in [0.5, 0.6) is 0 Å². The van der Waals surface area contributed by atoms with E-state index < -0.39 is 10.0 Å². The lowest BCUT2D eigenvalue weighted by Gasteiger charge is -2.25. The van der Waals surface area contributed by atoms with E-state index in [2.05, 4.69) is 10.0 Å². The third kappa shape index (κ3) is 4.34. The van der Waals surface area contributed by atoms with Gasteiger partial charge >= 0.3 is 0 Å². The van der Waals surface area contributed by atoms with Crippen molar-refractivity contribution < 1.29 is 13.2 Å². The number of hydrogen-bond donors (Lipinski definition) is 2. The molecule has 1 atom stereocenters. The Morgan fingerprint density at radius 2 is 2.09 bits per heavy atom. The second-order valence-electron chi connectivity index (χ2n) is 5.11. The molecule has 8 heteroatoms. The summed E-state index contributed by atoms with van der Waals surface area (Å²) in [4.78, 5) is 14.3. The van der Waals surface area contributed by atoms with Crippen molar-refractivity contribution in [3.8, 4) is 0 Å². The van der Waals surface area contributed by atoms with E-state index >= 15 is 0 Å². The van der Waals surface area contributed by atoms with Crippen LogP contribution in [0, 0.1) is 0 Å². The Kier molecular flexibility index (Phi) is 6.65. The van der Waals surface area contributed by atoms with Gasteiger partial charge in [-0.25, -0.2) is 8.42 Å². The van der Waals surface area contributed by atoms with E-state index in [0.717, 1.165) is 19.5 Å². The summed E-state index contributed by atoms with van der Waals surface area (Å²) < 4.78 is 25.9. The minimum atomic E-state index is -3.41. The number of benzene rings is 1. The zero-order chi connectivity index (χ0) is 15.5. The van der Waals surface area contributed by atoms with Crippen LogP contribution in [0.25, 0.3) is 0 Å². The van der Waals surface area contributed by atoms with Gasteiger partial charge in [-0.05, 0) is 32.0 Å². The lowest BCUT2D eigenvalue weighted by molar-refractivity contribution is 0.0745. The summed E-state index contributed by atoms with van der Waals surface area (Å²) in [5.41, 5.74) is 0.714. The Balaban J connectivity index is 0.00000242. The molecular weight excluding hydrogens is 326 g/mol. The highest BCUT2D eigenvalue weighted by molar-refractivity contribution is 7.92. The number of anilines is 1. The van der Waals surface area contributed by atoms with Gasteiger partial charge in [0.2, 0.25) is 10.0 Å². The van der Waals surface area contributed by atoms with Crippen LogP contribution in [-0.2, 0) is 10.0 Å². The van der Waals surface area contributed by atoms with Gasteiger partial charge in [-0.15, -0.1) is 12.4 Å². The normalized spacial score (nSPS) is 17.6. The molecule has 1 aliphatic heterocycles. The molecule has 22 heavy (non-hydrogen) atoms. The summed E-state index contributed by atoms with van der Waals surface area (Å²) >= 11 is 0. The smallest absolute Gasteiger partial charge is 0.256 e. The monoisotopic (exact) mass is 347 g/mol. The Bertz CT molecular complexity index is 616. The fourth-order valence-electron chi connectivity index (χ4n) is 2.32. The van der Waals surface area contributed by atoms with E-state index in [1.807, 2.05) is 0 Å². The number of sulfonamides is 1. The second kappa shape index (κ2) is 7.80. The Morgan fingerprint density at radius 1 is 1.41 bits per heavy atom. The fourth-order valence-corrected chi connectivity index (χ4v) is 2.98. The number of amides is 1. The minimum Gasteiger partial charge on any atom is -0.337 e. The van der Waals surface area contributed by atoms with Crippen molar-refractivity contribution in [2.24, 2.45) is 0 Å². The molecular formula is C14H22ClN3O3S. The molecule has 124 valence electrons. The SMILES string of the molecule is CCS(=O)(=O)Nc1ccccc1C(=O)N(C)C1CCNC1.Cl. The molecule has 0 saturated carbocycles. The van der Waals surface area contributed by atoms with Gasteiger partial charge in [0.15, 0.2) is 0 Å². The van der Waals surface area contributed by atoms with Crippen LogP contribution in [0.15, 0.2) is 24.3 Å². The second-order valence-corrected chi connectivity index (χ2v) is 7.12. The van der Waals surface area contributed by atoms with Gasteiger partial charge < -0.3 is 10.2 Å². The maximum absolute atomic E-state index is 12.6. The summed E-state index contributed by atoms with van der Waals surface area (Å²) in [6, 6.07) is 6.85. The van der Waals surface area contributed by atoms with Gasteiger partial charge in [0, 0.05) is 19.6 Å². The third-order valence-corrected chi connectivity index (χ3v) is 5.00. The van der Waals surface area contributed by atoms with E-state index in [1.54, 1.807) is 43.1 Å². The van der Waals surface area contributed by atoms with Crippen molar-refractivity contribution in [1.29, 1.82) is 0 Å². The molecule has 2 N–H and O–H groups in total. The molecule has 2 rings (SSSR count). The van der Waals surface area contributed by atoms with E-state index in [0.29, 0.717) is 11.3 Å². The van der Waals surface area contributed by atoms with Crippen molar-refractivity contribution in [3.05, 3.63) is 29.8 Å². The molecule has 1 aliphatic rings. The third-order valence-electron chi connectivity index (χ3n) is 3.71. The predicted molar refractivity (Wildman–Crippen MR) is 90.1 cm³/mol. The molecule has 1 aromatic rings. The summed E-state index contributed by atoms with van der Waals surface area (Å²) in [5.74, 6) is -0.198. The van der Waals surface area contributed by atoms with Crippen molar-refractivity contribution >= 4 is 34.0 Å². The number of likely N-dealkylation sites (N-methyl/N-ethyl adjacent to an activating group) is 1. The number of nitrogens with one attached hydrogen (secondary N) is 2. The topological polar surface area (TPSA) is 78.5 Å². The van der Waals surface area contributed by atoms with Gasteiger partial charge in [-0.1, -0.05) is 12.1 Å². The zero-order valence-electron chi connectivity index (χ0n) is 12.7. The fraction of sp³-hybridized carbons (Fsp3) is 0.500. The molecule has 0 bridgehead atoms. The molecule has 6 nitrogen and oxygen atoms in total. The standard InChI is InChI=1S/C14H21N3O3S.ClH/c1-3-21(19,20)16-13-7-5-4-6-12(13)14(18)17(2)11-8-9-15-10-11;/h4-7,11,15-16H,3,8-10H2,1-2H3;1H. The Hall–Kier alpha value is -1.31. The van der Waals surface area contributed by atoms with Gasteiger partial charge in [0.25, 0.3) is 5.91 Å². The van der Waals surface area contributed by atoms with Gasteiger partial charge in [0.1, 0.15) is 0 Å². The number of carbonyl (C=O) groups excluding carboxylic acids is 1. The summed E-state index contributed by atoms with van der Waals surface area (Å²) in [6.45, 7) is 3.22. The van der Waals surface area contributed by atoms with Crippen LogP contribution in [0.1, 0.15) is 23.7 Å². The largest absolute Gasteiger partial charge is 0.337 e. The van der Waals surface area contributed by atoms with Crippen molar-refractivity contribution in [1.82, 2.24) is 10.2 Å². The minimum absolute atomic E-state index is 0. The maximum Gasteiger partial charge on any atom is 0.256 e. The van der Waals surface area contributed by atoms with Crippen molar-refractivity contribution in [2.45, 2.75) is 19.4 Å². The molecule has 0 radical (unpaired) electrons. The number of rotatable bonds is 5. The highest BCUT2D eigenvalue weighted by Gasteiger charge is 2.26. The lowest BCUT2D eigenvalue weighted by atomic mass is 10.1. The summed E-state index contributed by atoms with van der Waals surface area (Å²) in [6.07, 6.45) is 0.908. The first-order valence-corrected chi connectivity index (χ1v) is 8.67.